The van der Waals surface area contributed by atoms with Gasteiger partial charge in [0, 0.05) is 24.6 Å². The lowest BCUT2D eigenvalue weighted by Crippen LogP contribution is -2.65. The van der Waals surface area contributed by atoms with E-state index >= 15 is 9.59 Å². The van der Waals surface area contributed by atoms with Gasteiger partial charge in [0.1, 0.15) is 30.3 Å². The molecule has 7 rings (SSSR count). The minimum atomic E-state index is -4.80. The molecule has 4 atom stereocenters. The number of ketones is 2. The van der Waals surface area contributed by atoms with Crippen molar-refractivity contribution in [3.05, 3.63) is 149 Å². The lowest BCUT2D eigenvalue weighted by molar-refractivity contribution is -0.138. The number of rotatable bonds is 13. The van der Waals surface area contributed by atoms with Crippen LogP contribution in [0, 0.1) is 11.8 Å². The molecule has 1 heterocycles. The van der Waals surface area contributed by atoms with E-state index < -0.39 is 65.9 Å². The van der Waals surface area contributed by atoms with E-state index in [1.807, 2.05) is 75.2 Å². The molecule has 0 saturated heterocycles. The second kappa shape index (κ2) is 15.7. The van der Waals surface area contributed by atoms with Crippen LogP contribution in [0.4, 0.5) is 13.2 Å². The number of hydrogen-bond donors (Lipinski definition) is 1. The number of Topliss-reactive ketones (excluding diaryl/α,β-unsaturated/α-hetero) is 2. The Hall–Kier alpha value is -5.24. The summed E-state index contributed by atoms with van der Waals surface area (Å²) in [6.45, 7) is 18.3. The van der Waals surface area contributed by atoms with Crippen LogP contribution in [0.5, 0.6) is 11.6 Å². The highest BCUT2D eigenvalue weighted by molar-refractivity contribution is 6.74. The molecule has 0 saturated carbocycles. The van der Waals surface area contributed by atoms with Gasteiger partial charge in [0.05, 0.1) is 17.2 Å². The van der Waals surface area contributed by atoms with Crippen LogP contribution < -0.4 is 9.47 Å². The van der Waals surface area contributed by atoms with Crippen LogP contribution >= 0.6 is 0 Å². The standard InChI is InChI=1S/C46H49F3N2O7Si/c1-8-22-51(23-9-2)38-33-25-30-24-31-32(46(47,48)49)20-21-34(55-26-28-16-12-10-13-17-28)36(31)39(52)35(30)41(53)45(33,58-59(6,7)44(3,4)5)42(54)37-40(38)57-50-43(37)56-27-29-18-14-11-15-19-29/h8-21,30,33,38,53H,1-2,22-27H2,3-7H3/t30-,33-,38-,45?/m0/s1. The topological polar surface area (TPSA) is 111 Å². The fourth-order valence-electron chi connectivity index (χ4n) is 8.53. The van der Waals surface area contributed by atoms with Gasteiger partial charge in [0.25, 0.3) is 5.88 Å². The Balaban J connectivity index is 1.47. The zero-order valence-corrected chi connectivity index (χ0v) is 34.9. The second-order valence-corrected chi connectivity index (χ2v) is 21.7. The summed E-state index contributed by atoms with van der Waals surface area (Å²) in [5, 5.41) is 16.8. The first kappa shape index (κ1) is 41.9. The molecule has 0 radical (unpaired) electrons. The number of aliphatic hydroxyl groups excluding tert-OH is 1. The van der Waals surface area contributed by atoms with E-state index in [9.17, 15) is 18.3 Å². The SMILES string of the molecule is C=CCN(CC=C)[C@@H]1c2onc(OCc3ccccc3)c2C(=O)C2(O[Si](C)(C)C(C)(C)C)C(O)=C3C(=O)c4c(OCc5ccccc5)ccc(C(F)(F)F)c4C[C@H]3C[C@@H]12. The van der Waals surface area contributed by atoms with Gasteiger partial charge >= 0.3 is 6.18 Å². The monoisotopic (exact) mass is 826 g/mol. The summed E-state index contributed by atoms with van der Waals surface area (Å²) in [4.78, 5) is 32.7. The zero-order chi connectivity index (χ0) is 42.5. The number of nitrogens with zero attached hydrogens (tertiary/aromatic N) is 2. The Kier molecular flexibility index (Phi) is 11.2. The highest BCUT2D eigenvalue weighted by Crippen LogP contribution is 2.60. The summed E-state index contributed by atoms with van der Waals surface area (Å²) in [6, 6.07) is 19.6. The summed E-state index contributed by atoms with van der Waals surface area (Å²) >= 11 is 0. The van der Waals surface area contributed by atoms with Gasteiger partial charge in [-0.25, -0.2) is 0 Å². The summed E-state index contributed by atoms with van der Waals surface area (Å²) in [5.74, 6) is -4.10. The van der Waals surface area contributed by atoms with Crippen molar-refractivity contribution in [2.75, 3.05) is 13.1 Å². The maximum atomic E-state index is 15.7. The molecule has 59 heavy (non-hydrogen) atoms. The van der Waals surface area contributed by atoms with Crippen molar-refractivity contribution in [2.24, 2.45) is 11.8 Å². The Morgan fingerprint density at radius 2 is 1.51 bits per heavy atom. The first-order valence-corrected chi connectivity index (χ1v) is 22.6. The highest BCUT2D eigenvalue weighted by Gasteiger charge is 2.67. The number of halogens is 3. The molecule has 9 nitrogen and oxygen atoms in total. The quantitative estimate of drug-likeness (QED) is 0.104. The minimum Gasteiger partial charge on any atom is -0.508 e. The predicted molar refractivity (Wildman–Crippen MR) is 219 cm³/mol. The van der Waals surface area contributed by atoms with Crippen LogP contribution in [0.25, 0.3) is 0 Å². The number of aliphatic hydroxyl groups is 1. The van der Waals surface area contributed by atoms with Crippen molar-refractivity contribution < 1.29 is 46.3 Å². The zero-order valence-electron chi connectivity index (χ0n) is 33.9. The average molecular weight is 827 g/mol. The van der Waals surface area contributed by atoms with Crippen LogP contribution in [0.1, 0.15) is 82.0 Å². The third kappa shape index (κ3) is 7.37. The van der Waals surface area contributed by atoms with Crippen LogP contribution in [-0.4, -0.2) is 53.7 Å². The Morgan fingerprint density at radius 3 is 2.07 bits per heavy atom. The molecule has 4 aromatic rings. The van der Waals surface area contributed by atoms with E-state index in [4.69, 9.17) is 18.4 Å². The van der Waals surface area contributed by atoms with Gasteiger partial charge in [-0.1, -0.05) is 93.6 Å². The molecular formula is C46H49F3N2O7Si. The molecule has 3 aromatic carbocycles. The molecule has 1 N–H and O–H groups in total. The number of carbonyl (C=O) groups is 2. The molecule has 0 bridgehead atoms. The minimum absolute atomic E-state index is 0.0207. The predicted octanol–water partition coefficient (Wildman–Crippen LogP) is 10.4. The molecule has 13 heteroatoms. The molecule has 0 aliphatic heterocycles. The molecule has 3 aliphatic carbocycles. The summed E-state index contributed by atoms with van der Waals surface area (Å²) in [6.07, 6.45) is -1.73. The number of carbonyl (C=O) groups excluding carboxylic acids is 2. The van der Waals surface area contributed by atoms with Gasteiger partial charge in [0.2, 0.25) is 5.78 Å². The van der Waals surface area contributed by atoms with Crippen molar-refractivity contribution >= 4 is 19.9 Å². The smallest absolute Gasteiger partial charge is 0.416 e. The first-order valence-electron chi connectivity index (χ1n) is 19.7. The summed E-state index contributed by atoms with van der Waals surface area (Å²) in [5.41, 5.74) is -2.35. The van der Waals surface area contributed by atoms with Crippen LogP contribution in [0.2, 0.25) is 18.1 Å². The number of hydrogen-bond acceptors (Lipinski definition) is 9. The molecule has 0 fully saturated rings. The molecular weight excluding hydrogens is 778 g/mol. The third-order valence-corrected chi connectivity index (χ3v) is 16.7. The van der Waals surface area contributed by atoms with Crippen molar-refractivity contribution in [1.82, 2.24) is 10.1 Å². The maximum Gasteiger partial charge on any atom is 0.416 e. The van der Waals surface area contributed by atoms with E-state index in [-0.39, 0.29) is 78.8 Å². The van der Waals surface area contributed by atoms with E-state index in [1.54, 1.807) is 36.4 Å². The average Bonchev–Trinajstić information content (AvgIpc) is 3.60. The van der Waals surface area contributed by atoms with Crippen molar-refractivity contribution in [3.8, 4) is 11.6 Å². The number of fused-ring (bicyclic) bond motifs is 4. The van der Waals surface area contributed by atoms with Gasteiger partial charge in [-0.3, -0.25) is 14.5 Å². The Labute approximate surface area is 343 Å². The molecule has 0 spiro atoms. The van der Waals surface area contributed by atoms with Crippen molar-refractivity contribution in [2.45, 2.75) is 82.8 Å². The van der Waals surface area contributed by atoms with Crippen molar-refractivity contribution in [3.63, 3.8) is 0 Å². The van der Waals surface area contributed by atoms with E-state index in [0.717, 1.165) is 23.3 Å². The largest absolute Gasteiger partial charge is 0.508 e. The molecule has 1 unspecified atom stereocenters. The number of alkyl halides is 3. The molecule has 0 amide bonds. The molecule has 310 valence electrons. The lowest BCUT2D eigenvalue weighted by atomic mass is 9.58. The Bertz CT molecular complexity index is 2290. The van der Waals surface area contributed by atoms with Crippen LogP contribution in [0.15, 0.2) is 114 Å². The normalized spacial score (nSPS) is 21.7. The molecule has 1 aromatic heterocycles. The fraction of sp³-hybridized carbons (Fsp3) is 0.370. The number of aromatic nitrogens is 1. The fourth-order valence-corrected chi connectivity index (χ4v) is 9.98. The van der Waals surface area contributed by atoms with Gasteiger partial charge in [-0.2, -0.15) is 13.2 Å². The number of ether oxygens (including phenoxy) is 2. The highest BCUT2D eigenvalue weighted by atomic mass is 28.4. The second-order valence-electron chi connectivity index (χ2n) is 17.0. The first-order chi connectivity index (χ1) is 27.9. The van der Waals surface area contributed by atoms with E-state index in [0.29, 0.717) is 0 Å². The van der Waals surface area contributed by atoms with Gasteiger partial charge in [-0.05, 0) is 70.9 Å². The van der Waals surface area contributed by atoms with Crippen LogP contribution in [-0.2, 0) is 30.2 Å². The van der Waals surface area contributed by atoms with Gasteiger partial charge in [-0.15, -0.1) is 13.2 Å². The Morgan fingerprint density at radius 1 is 0.915 bits per heavy atom. The number of benzene rings is 3. The summed E-state index contributed by atoms with van der Waals surface area (Å²) < 4.78 is 70.0. The van der Waals surface area contributed by atoms with E-state index in [1.165, 1.54) is 0 Å². The van der Waals surface area contributed by atoms with Crippen LogP contribution in [0.3, 0.4) is 0 Å². The number of allylic oxidation sites excluding steroid dienone is 1. The lowest BCUT2D eigenvalue weighted by Gasteiger charge is -2.55. The third-order valence-electron chi connectivity index (χ3n) is 12.3. The maximum absolute atomic E-state index is 15.7. The van der Waals surface area contributed by atoms with E-state index in [2.05, 4.69) is 18.3 Å². The van der Waals surface area contributed by atoms with Gasteiger partial charge in [0.15, 0.2) is 25.5 Å². The summed E-state index contributed by atoms with van der Waals surface area (Å²) in [7, 11) is -3.08. The molecule has 3 aliphatic rings. The van der Waals surface area contributed by atoms with Gasteiger partial charge < -0.3 is 23.5 Å². The van der Waals surface area contributed by atoms with Crippen molar-refractivity contribution in [1.29, 1.82) is 0 Å².